The van der Waals surface area contributed by atoms with Crippen LogP contribution in [0.5, 0.6) is 5.75 Å². The number of thioether (sulfide) groups is 1. The highest BCUT2D eigenvalue weighted by Crippen LogP contribution is 2.39. The molecule has 0 saturated heterocycles. The molecule has 0 saturated carbocycles. The average Bonchev–Trinajstić information content (AvgIpc) is 3.12. The van der Waals surface area contributed by atoms with Gasteiger partial charge in [-0.3, -0.25) is 4.40 Å². The van der Waals surface area contributed by atoms with Gasteiger partial charge < -0.3 is 15.0 Å². The molecule has 30 heavy (non-hydrogen) atoms. The molecule has 0 aromatic carbocycles. The van der Waals surface area contributed by atoms with Crippen LogP contribution in [0.4, 0.5) is 5.95 Å². The van der Waals surface area contributed by atoms with Crippen LogP contribution in [0.15, 0.2) is 41.9 Å². The molecule has 4 aromatic heterocycles. The number of methoxy groups -OCH3 is 1. The number of pyridine rings is 1. The van der Waals surface area contributed by atoms with E-state index in [0.717, 1.165) is 64.2 Å². The average molecular weight is 424 g/mol. The molecule has 0 aliphatic rings. The maximum Gasteiger partial charge on any atom is 0.209 e. The van der Waals surface area contributed by atoms with E-state index in [4.69, 9.17) is 9.72 Å². The van der Waals surface area contributed by atoms with Gasteiger partial charge in [0.15, 0.2) is 10.8 Å². The molecule has 0 atom stereocenters. The lowest BCUT2D eigenvalue weighted by Gasteiger charge is -2.11. The lowest BCUT2D eigenvalue weighted by molar-refractivity contribution is 0.405. The summed E-state index contributed by atoms with van der Waals surface area (Å²) in [6.45, 7) is 1.82. The van der Waals surface area contributed by atoms with Crippen LogP contribution in [0.25, 0.3) is 27.8 Å². The van der Waals surface area contributed by atoms with Crippen LogP contribution in [0.3, 0.4) is 0 Å². The van der Waals surface area contributed by atoms with Crippen LogP contribution in [0.2, 0.25) is 0 Å². The van der Waals surface area contributed by atoms with Crippen molar-refractivity contribution < 1.29 is 4.74 Å². The molecule has 1 N–H and O–H groups in total. The zero-order chi connectivity index (χ0) is 21.1. The predicted molar refractivity (Wildman–Crippen MR) is 122 cm³/mol. The van der Waals surface area contributed by atoms with Gasteiger partial charge in [-0.2, -0.15) is 0 Å². The number of ether oxygens (including phenoxy) is 1. The highest BCUT2D eigenvalue weighted by molar-refractivity contribution is 7.98. The Hall–Kier alpha value is -2.91. The maximum atomic E-state index is 5.69. The van der Waals surface area contributed by atoms with Gasteiger partial charge >= 0.3 is 0 Å². The van der Waals surface area contributed by atoms with E-state index in [1.54, 1.807) is 19.5 Å². The second-order valence-electron chi connectivity index (χ2n) is 7.09. The van der Waals surface area contributed by atoms with E-state index >= 15 is 0 Å². The molecule has 0 fully saturated rings. The van der Waals surface area contributed by atoms with Crippen LogP contribution in [0.1, 0.15) is 6.42 Å². The Morgan fingerprint density at radius 1 is 1.10 bits per heavy atom. The Bertz CT molecular complexity index is 1170. The molecule has 0 bridgehead atoms. The topological polar surface area (TPSA) is 80.5 Å². The van der Waals surface area contributed by atoms with Crippen molar-refractivity contribution in [2.75, 3.05) is 45.9 Å². The quantitative estimate of drug-likeness (QED) is 0.262. The lowest BCUT2D eigenvalue weighted by Crippen LogP contribution is -2.17. The minimum absolute atomic E-state index is 0.721. The third-order valence-corrected chi connectivity index (χ3v) is 5.41. The fourth-order valence-corrected chi connectivity index (χ4v) is 3.88. The van der Waals surface area contributed by atoms with Crippen molar-refractivity contribution >= 4 is 34.3 Å². The molecule has 0 unspecified atom stereocenters. The molecule has 4 aromatic rings. The first-order valence-corrected chi connectivity index (χ1v) is 10.9. The summed E-state index contributed by atoms with van der Waals surface area (Å²) in [6, 6.07) is 5.79. The monoisotopic (exact) mass is 423 g/mol. The van der Waals surface area contributed by atoms with E-state index in [0.29, 0.717) is 0 Å². The third-order valence-electron chi connectivity index (χ3n) is 4.85. The van der Waals surface area contributed by atoms with E-state index in [1.165, 1.54) is 11.8 Å². The fourth-order valence-electron chi connectivity index (χ4n) is 3.53. The second kappa shape index (κ2) is 8.85. The molecular weight excluding hydrogens is 398 g/mol. The minimum atomic E-state index is 0.721. The molecule has 0 aliphatic carbocycles. The van der Waals surface area contributed by atoms with E-state index in [-0.39, 0.29) is 0 Å². The van der Waals surface area contributed by atoms with Crippen molar-refractivity contribution in [2.24, 2.45) is 0 Å². The normalized spacial score (nSPS) is 11.5. The minimum Gasteiger partial charge on any atom is -0.496 e. The molecule has 0 aliphatic heterocycles. The molecule has 156 valence electrons. The Kier molecular flexibility index (Phi) is 6.01. The van der Waals surface area contributed by atoms with Gasteiger partial charge in [0.1, 0.15) is 5.75 Å². The van der Waals surface area contributed by atoms with E-state index < -0.39 is 0 Å². The van der Waals surface area contributed by atoms with E-state index in [1.807, 2.05) is 35.1 Å². The molecule has 9 heteroatoms. The second-order valence-corrected chi connectivity index (χ2v) is 7.86. The largest absolute Gasteiger partial charge is 0.496 e. The Labute approximate surface area is 179 Å². The number of hydrogen-bond donors (Lipinski definition) is 1. The highest BCUT2D eigenvalue weighted by Gasteiger charge is 2.21. The van der Waals surface area contributed by atoms with Crippen molar-refractivity contribution in [3.8, 4) is 17.0 Å². The first-order chi connectivity index (χ1) is 14.6. The lowest BCUT2D eigenvalue weighted by atomic mass is 10.1. The summed E-state index contributed by atoms with van der Waals surface area (Å²) in [5, 5.41) is 5.10. The number of rotatable bonds is 8. The summed E-state index contributed by atoms with van der Waals surface area (Å²) < 4.78 is 7.74. The van der Waals surface area contributed by atoms with Gasteiger partial charge in [-0.05, 0) is 51.5 Å². The van der Waals surface area contributed by atoms with E-state index in [9.17, 15) is 0 Å². The van der Waals surface area contributed by atoms with Crippen LogP contribution >= 0.6 is 11.8 Å². The van der Waals surface area contributed by atoms with Crippen molar-refractivity contribution in [1.82, 2.24) is 29.2 Å². The summed E-state index contributed by atoms with van der Waals surface area (Å²) in [6.07, 6.45) is 8.34. The summed E-state index contributed by atoms with van der Waals surface area (Å²) in [4.78, 5) is 20.5. The van der Waals surface area contributed by atoms with Crippen molar-refractivity contribution in [1.29, 1.82) is 0 Å². The zero-order valence-corrected chi connectivity index (χ0v) is 18.4. The number of nitrogens with one attached hydrogen (secondary N) is 1. The zero-order valence-electron chi connectivity index (χ0n) is 17.6. The van der Waals surface area contributed by atoms with Crippen molar-refractivity contribution in [2.45, 2.75) is 11.6 Å². The Morgan fingerprint density at radius 3 is 2.67 bits per heavy atom. The summed E-state index contributed by atoms with van der Waals surface area (Å²) >= 11 is 1.52. The highest BCUT2D eigenvalue weighted by atomic mass is 32.2. The number of nitrogens with zero attached hydrogens (tertiary/aromatic N) is 6. The van der Waals surface area contributed by atoms with Crippen LogP contribution in [0, 0.1) is 0 Å². The van der Waals surface area contributed by atoms with Crippen LogP contribution in [-0.4, -0.2) is 69.8 Å². The van der Waals surface area contributed by atoms with Gasteiger partial charge in [0.05, 0.1) is 23.7 Å². The van der Waals surface area contributed by atoms with Crippen LogP contribution in [-0.2, 0) is 0 Å². The number of fused-ring (bicyclic) bond motifs is 3. The number of hydrogen-bond acceptors (Lipinski definition) is 8. The van der Waals surface area contributed by atoms with Gasteiger partial charge in [0, 0.05) is 30.7 Å². The number of aromatic nitrogens is 5. The van der Waals surface area contributed by atoms with Crippen molar-refractivity contribution in [3.05, 3.63) is 36.8 Å². The van der Waals surface area contributed by atoms with Gasteiger partial charge in [0.25, 0.3) is 0 Å². The summed E-state index contributed by atoms with van der Waals surface area (Å²) in [5.41, 5.74) is 3.55. The fraction of sp³-hybridized carbons (Fsp3) is 0.333. The standard InChI is InChI=1S/C21H25N7OS/c1-27(2)13-5-9-23-20-24-11-7-15-17(14-6-10-25-21(26-14)30-4)18-16(29-3)8-12-22-19(18)28(15)20/h6-8,10-12H,5,9,13H2,1-4H3,(H,23,24). The molecule has 0 spiro atoms. The van der Waals surface area contributed by atoms with Gasteiger partial charge in [-0.25, -0.2) is 19.9 Å². The third kappa shape index (κ3) is 3.78. The maximum absolute atomic E-state index is 5.69. The van der Waals surface area contributed by atoms with Gasteiger partial charge in [0.2, 0.25) is 5.95 Å². The molecule has 4 heterocycles. The molecule has 0 amide bonds. The van der Waals surface area contributed by atoms with Gasteiger partial charge in [-0.1, -0.05) is 11.8 Å². The first-order valence-electron chi connectivity index (χ1n) is 9.72. The predicted octanol–water partition coefficient (Wildman–Crippen LogP) is 3.43. The summed E-state index contributed by atoms with van der Waals surface area (Å²) in [5.74, 6) is 1.50. The van der Waals surface area contributed by atoms with Crippen molar-refractivity contribution in [3.63, 3.8) is 0 Å². The molecule has 4 rings (SSSR count). The molecular formula is C21H25N7OS. The summed E-state index contributed by atoms with van der Waals surface area (Å²) in [7, 11) is 5.82. The first kappa shape index (κ1) is 20.4. The molecule has 0 radical (unpaired) electrons. The smallest absolute Gasteiger partial charge is 0.209 e. The van der Waals surface area contributed by atoms with Crippen LogP contribution < -0.4 is 10.1 Å². The molecule has 8 nitrogen and oxygen atoms in total. The Balaban J connectivity index is 1.92. The SMILES string of the molecule is COc1ccnc2c1c(-c1ccnc(SC)n1)c1ccnc(NCCCN(C)C)n12. The number of anilines is 1. The Morgan fingerprint density at radius 2 is 1.90 bits per heavy atom. The van der Waals surface area contributed by atoms with Gasteiger partial charge in [-0.15, -0.1) is 0 Å². The van der Waals surface area contributed by atoms with E-state index in [2.05, 4.69) is 39.3 Å².